The third-order valence-corrected chi connectivity index (χ3v) is 1.51. The molecule has 0 saturated carbocycles. The molecule has 0 aliphatic carbocycles. The minimum absolute atomic E-state index is 0.593. The Morgan fingerprint density at radius 3 is 2.58 bits per heavy atom. The van der Waals surface area contributed by atoms with Crippen molar-refractivity contribution < 1.29 is 5.11 Å². The lowest BCUT2D eigenvalue weighted by Crippen LogP contribution is -2.09. The highest BCUT2D eigenvalue weighted by molar-refractivity contribution is 5.29. The van der Waals surface area contributed by atoms with Crippen molar-refractivity contribution in [2.75, 3.05) is 0 Å². The average molecular weight is 167 g/mol. The van der Waals surface area contributed by atoms with Crippen LogP contribution in [0.15, 0.2) is 36.1 Å². The predicted molar refractivity (Wildman–Crippen MR) is 52.5 cm³/mol. The maximum Gasteiger partial charge on any atom is 0.0993 e. The quantitative estimate of drug-likeness (QED) is 0.495. The standard InChI is InChI=1S/C10H17NO/c1-4-5-9(6-7-11)10(12)8(2)3/h5-7,10,12H,2,4,11H2,1,3H3/b7-6-,9-5+/t10-/m1/s1. The molecule has 3 N–H and O–H groups in total. The molecule has 0 aromatic carbocycles. The normalized spacial score (nSPS) is 15.1. The summed E-state index contributed by atoms with van der Waals surface area (Å²) >= 11 is 0. The fourth-order valence-corrected chi connectivity index (χ4v) is 0.902. The van der Waals surface area contributed by atoms with Crippen LogP contribution >= 0.6 is 0 Å². The third-order valence-electron chi connectivity index (χ3n) is 1.51. The molecule has 0 unspecified atom stereocenters. The first kappa shape index (κ1) is 11.0. The van der Waals surface area contributed by atoms with E-state index in [-0.39, 0.29) is 0 Å². The fourth-order valence-electron chi connectivity index (χ4n) is 0.902. The molecular weight excluding hydrogens is 150 g/mol. The van der Waals surface area contributed by atoms with Crippen molar-refractivity contribution in [2.24, 2.45) is 5.73 Å². The van der Waals surface area contributed by atoms with Crippen molar-refractivity contribution >= 4 is 0 Å². The molecule has 0 heterocycles. The largest absolute Gasteiger partial charge is 0.405 e. The van der Waals surface area contributed by atoms with Crippen LogP contribution in [-0.4, -0.2) is 11.2 Å². The molecule has 0 saturated heterocycles. The second kappa shape index (κ2) is 5.61. The van der Waals surface area contributed by atoms with E-state index in [1.54, 1.807) is 13.0 Å². The highest BCUT2D eigenvalue weighted by atomic mass is 16.3. The zero-order chi connectivity index (χ0) is 9.56. The highest BCUT2D eigenvalue weighted by Crippen LogP contribution is 2.11. The van der Waals surface area contributed by atoms with Crippen LogP contribution in [0.5, 0.6) is 0 Å². The molecule has 0 radical (unpaired) electrons. The van der Waals surface area contributed by atoms with Gasteiger partial charge in [-0.15, -0.1) is 0 Å². The van der Waals surface area contributed by atoms with Crippen molar-refractivity contribution in [1.29, 1.82) is 0 Å². The Bertz CT molecular complexity index is 204. The molecule has 0 rings (SSSR count). The molecule has 0 fully saturated rings. The smallest absolute Gasteiger partial charge is 0.0993 e. The molecule has 0 spiro atoms. The summed E-state index contributed by atoms with van der Waals surface area (Å²) in [7, 11) is 0. The van der Waals surface area contributed by atoms with E-state index in [1.165, 1.54) is 6.20 Å². The number of hydrogen-bond acceptors (Lipinski definition) is 2. The molecule has 0 aliphatic rings. The maximum atomic E-state index is 9.57. The SMILES string of the molecule is C=C(C)[C@@H](O)C(/C=C\N)=C/CC. The summed E-state index contributed by atoms with van der Waals surface area (Å²) in [5, 5.41) is 9.57. The summed E-state index contributed by atoms with van der Waals surface area (Å²) in [4.78, 5) is 0. The molecular formula is C10H17NO. The van der Waals surface area contributed by atoms with Gasteiger partial charge in [0.15, 0.2) is 0 Å². The van der Waals surface area contributed by atoms with Crippen molar-refractivity contribution in [2.45, 2.75) is 26.4 Å². The zero-order valence-electron chi connectivity index (χ0n) is 7.75. The van der Waals surface area contributed by atoms with E-state index in [9.17, 15) is 5.11 Å². The van der Waals surface area contributed by atoms with Crippen LogP contribution in [-0.2, 0) is 0 Å². The number of allylic oxidation sites excluding steroid dienone is 1. The lowest BCUT2D eigenvalue weighted by atomic mass is 10.0. The van der Waals surface area contributed by atoms with Crippen LogP contribution in [0.1, 0.15) is 20.3 Å². The monoisotopic (exact) mass is 167 g/mol. The summed E-state index contributed by atoms with van der Waals surface area (Å²) in [5.74, 6) is 0. The first-order valence-electron chi connectivity index (χ1n) is 4.05. The van der Waals surface area contributed by atoms with Crippen LogP contribution < -0.4 is 5.73 Å². The number of aliphatic hydroxyl groups is 1. The van der Waals surface area contributed by atoms with E-state index in [4.69, 9.17) is 5.73 Å². The first-order chi connectivity index (χ1) is 5.63. The van der Waals surface area contributed by atoms with Gasteiger partial charge < -0.3 is 10.8 Å². The van der Waals surface area contributed by atoms with Crippen molar-refractivity contribution in [3.8, 4) is 0 Å². The molecule has 1 atom stereocenters. The van der Waals surface area contributed by atoms with Crippen molar-refractivity contribution in [1.82, 2.24) is 0 Å². The Morgan fingerprint density at radius 1 is 1.67 bits per heavy atom. The van der Waals surface area contributed by atoms with E-state index in [2.05, 4.69) is 6.58 Å². The summed E-state index contributed by atoms with van der Waals surface area (Å²) in [6.45, 7) is 7.47. The molecule has 0 aliphatic heterocycles. The predicted octanol–water partition coefficient (Wildman–Crippen LogP) is 1.73. The number of hydrogen-bond donors (Lipinski definition) is 2. The molecule has 68 valence electrons. The molecule has 12 heavy (non-hydrogen) atoms. The lowest BCUT2D eigenvalue weighted by Gasteiger charge is -2.10. The van der Waals surface area contributed by atoms with Gasteiger partial charge in [-0.3, -0.25) is 0 Å². The second-order valence-corrected chi connectivity index (χ2v) is 2.72. The van der Waals surface area contributed by atoms with Gasteiger partial charge in [0.1, 0.15) is 0 Å². The Kier molecular flexibility index (Phi) is 5.13. The fraction of sp³-hybridized carbons (Fsp3) is 0.400. The van der Waals surface area contributed by atoms with Crippen molar-refractivity contribution in [3.63, 3.8) is 0 Å². The van der Waals surface area contributed by atoms with Gasteiger partial charge >= 0.3 is 0 Å². The van der Waals surface area contributed by atoms with Crippen molar-refractivity contribution in [3.05, 3.63) is 36.1 Å². The van der Waals surface area contributed by atoms with Crippen LogP contribution in [0, 0.1) is 0 Å². The van der Waals surface area contributed by atoms with Crippen LogP contribution in [0.4, 0.5) is 0 Å². The van der Waals surface area contributed by atoms with Gasteiger partial charge in [0.2, 0.25) is 0 Å². The van der Waals surface area contributed by atoms with Crippen LogP contribution in [0.2, 0.25) is 0 Å². The summed E-state index contributed by atoms with van der Waals surface area (Å²) in [5.41, 5.74) is 6.78. The molecule has 0 amide bonds. The maximum absolute atomic E-state index is 9.57. The minimum Gasteiger partial charge on any atom is -0.405 e. The van der Waals surface area contributed by atoms with Gasteiger partial charge in [0, 0.05) is 0 Å². The van der Waals surface area contributed by atoms with E-state index in [0.29, 0.717) is 0 Å². The zero-order valence-corrected chi connectivity index (χ0v) is 7.75. The van der Waals surface area contributed by atoms with Gasteiger partial charge in [-0.2, -0.15) is 0 Å². The number of aliphatic hydroxyl groups excluding tert-OH is 1. The molecule has 2 heteroatoms. The molecule has 0 aromatic rings. The molecule has 2 nitrogen and oxygen atoms in total. The van der Waals surface area contributed by atoms with E-state index < -0.39 is 6.10 Å². The lowest BCUT2D eigenvalue weighted by molar-refractivity contribution is 0.250. The highest BCUT2D eigenvalue weighted by Gasteiger charge is 2.07. The Morgan fingerprint density at radius 2 is 2.25 bits per heavy atom. The summed E-state index contributed by atoms with van der Waals surface area (Å²) in [6, 6.07) is 0. The topological polar surface area (TPSA) is 46.2 Å². The van der Waals surface area contributed by atoms with E-state index in [1.807, 2.05) is 13.0 Å². The van der Waals surface area contributed by atoms with E-state index in [0.717, 1.165) is 17.6 Å². The van der Waals surface area contributed by atoms with Gasteiger partial charge in [0.05, 0.1) is 6.10 Å². The molecule has 0 aromatic heterocycles. The molecule has 0 bridgehead atoms. The van der Waals surface area contributed by atoms with Gasteiger partial charge in [-0.05, 0) is 36.8 Å². The number of rotatable bonds is 4. The number of nitrogens with two attached hydrogens (primary N) is 1. The third kappa shape index (κ3) is 3.39. The second-order valence-electron chi connectivity index (χ2n) is 2.72. The minimum atomic E-state index is -0.593. The van der Waals surface area contributed by atoms with E-state index >= 15 is 0 Å². The Labute approximate surface area is 74.1 Å². The first-order valence-corrected chi connectivity index (χ1v) is 4.05. The van der Waals surface area contributed by atoms with Crippen LogP contribution in [0.25, 0.3) is 0 Å². The van der Waals surface area contributed by atoms with Gasteiger partial charge in [0.25, 0.3) is 0 Å². The van der Waals surface area contributed by atoms with Gasteiger partial charge in [-0.25, -0.2) is 0 Å². The summed E-state index contributed by atoms with van der Waals surface area (Å²) < 4.78 is 0. The van der Waals surface area contributed by atoms with Crippen LogP contribution in [0.3, 0.4) is 0 Å². The summed E-state index contributed by atoms with van der Waals surface area (Å²) in [6.07, 6.45) is 5.34. The Balaban J connectivity index is 4.51. The Hall–Kier alpha value is -1.02. The van der Waals surface area contributed by atoms with Gasteiger partial charge in [-0.1, -0.05) is 19.6 Å². The average Bonchev–Trinajstić information content (AvgIpc) is 2.03.